The molecule has 1 saturated heterocycles. The van der Waals surface area contributed by atoms with Crippen LogP contribution in [-0.4, -0.2) is 70.8 Å². The number of alkyl halides is 3. The van der Waals surface area contributed by atoms with Crippen LogP contribution in [0, 0.1) is 12.3 Å². The molecule has 1 spiro atoms. The van der Waals surface area contributed by atoms with Gasteiger partial charge < -0.3 is 10.0 Å². The van der Waals surface area contributed by atoms with Crippen LogP contribution in [0.1, 0.15) is 18.4 Å². The Morgan fingerprint density at radius 1 is 1.47 bits per heavy atom. The highest BCUT2D eigenvalue weighted by atomic mass is 35.5. The van der Waals surface area contributed by atoms with Crippen LogP contribution >= 0.6 is 11.6 Å². The number of hydrogen-bond acceptors (Lipinski definition) is 6. The number of nitrogens with one attached hydrogen (secondary N) is 1. The van der Waals surface area contributed by atoms with Crippen LogP contribution in [0.5, 0.6) is 0 Å². The predicted molar refractivity (Wildman–Crippen MR) is 103 cm³/mol. The van der Waals surface area contributed by atoms with Gasteiger partial charge in [-0.05, 0) is 31.4 Å². The van der Waals surface area contributed by atoms with E-state index in [0.29, 0.717) is 31.1 Å². The number of aromatic nitrogens is 3. The number of aliphatic hydroxyl groups is 1. The van der Waals surface area contributed by atoms with Crippen molar-refractivity contribution in [1.82, 2.24) is 24.4 Å². The third-order valence-corrected chi connectivity index (χ3v) is 6.72. The van der Waals surface area contributed by atoms with Gasteiger partial charge in [0.15, 0.2) is 11.9 Å². The van der Waals surface area contributed by atoms with Gasteiger partial charge in [-0.1, -0.05) is 11.6 Å². The van der Waals surface area contributed by atoms with E-state index in [4.69, 9.17) is 16.7 Å². The van der Waals surface area contributed by atoms with E-state index >= 15 is 0 Å². The lowest BCUT2D eigenvalue weighted by atomic mass is 9.61. The second kappa shape index (κ2) is 7.57. The van der Waals surface area contributed by atoms with Crippen LogP contribution < -0.4 is 10.3 Å². The number of nitrogens with zero attached hydrogens (tertiary/aromatic N) is 5. The summed E-state index contributed by atoms with van der Waals surface area (Å²) < 4.78 is 60.8. The van der Waals surface area contributed by atoms with Crippen LogP contribution in [0.2, 0.25) is 5.15 Å². The zero-order chi connectivity index (χ0) is 21.8. The van der Waals surface area contributed by atoms with E-state index in [2.05, 4.69) is 20.4 Å². The Balaban J connectivity index is 1.38. The summed E-state index contributed by atoms with van der Waals surface area (Å²) in [4.78, 5) is 6.44. The molecule has 9 nitrogen and oxygen atoms in total. The standard InChI is InChI=1S/C16H20ClF3N6O3S/c1-9-2-12(17)25-13(9)14(21-8-23-25)24-6-15(7-24)3-10(4-15)26(30(28)29)22-5-11(27)16(18,19)20/h2,8,10-11,22,27H,3-7H2,1H3,(H,28,29). The Morgan fingerprint density at radius 2 is 2.13 bits per heavy atom. The number of hydrazine groups is 1. The second-order valence-electron chi connectivity index (χ2n) is 7.89. The highest BCUT2D eigenvalue weighted by molar-refractivity contribution is 7.76. The van der Waals surface area contributed by atoms with Gasteiger partial charge in [-0.2, -0.15) is 18.3 Å². The Hall–Kier alpha value is -1.51. The van der Waals surface area contributed by atoms with Crippen LogP contribution in [0.3, 0.4) is 0 Å². The first-order chi connectivity index (χ1) is 14.0. The second-order valence-corrected chi connectivity index (χ2v) is 9.13. The zero-order valence-corrected chi connectivity index (χ0v) is 17.4. The number of fused-ring (bicyclic) bond motifs is 1. The molecule has 2 atom stereocenters. The minimum atomic E-state index is -4.80. The molecule has 2 aromatic rings. The molecule has 2 fully saturated rings. The Bertz CT molecular complexity index is 975. The first-order valence-corrected chi connectivity index (χ1v) is 10.6. The summed E-state index contributed by atoms with van der Waals surface area (Å²) in [7, 11) is 0. The lowest BCUT2D eigenvalue weighted by Crippen LogP contribution is -2.68. The fourth-order valence-corrected chi connectivity index (χ4v) is 5.15. The van der Waals surface area contributed by atoms with Crippen molar-refractivity contribution in [2.24, 2.45) is 5.41 Å². The molecule has 3 heterocycles. The van der Waals surface area contributed by atoms with E-state index in [1.807, 2.05) is 6.92 Å². The van der Waals surface area contributed by atoms with Crippen molar-refractivity contribution in [1.29, 1.82) is 0 Å². The molecule has 1 aliphatic carbocycles. The van der Waals surface area contributed by atoms with E-state index in [1.54, 1.807) is 10.6 Å². The van der Waals surface area contributed by atoms with Crippen molar-refractivity contribution in [2.45, 2.75) is 38.1 Å². The van der Waals surface area contributed by atoms with Gasteiger partial charge >= 0.3 is 6.18 Å². The van der Waals surface area contributed by atoms with Gasteiger partial charge in [-0.25, -0.2) is 19.1 Å². The first kappa shape index (κ1) is 21.7. The van der Waals surface area contributed by atoms with Crippen LogP contribution in [0.25, 0.3) is 5.52 Å². The van der Waals surface area contributed by atoms with Crippen molar-refractivity contribution >= 4 is 34.2 Å². The van der Waals surface area contributed by atoms with Crippen molar-refractivity contribution in [3.63, 3.8) is 0 Å². The van der Waals surface area contributed by atoms with Crippen LogP contribution in [0.15, 0.2) is 12.4 Å². The number of hydrogen-bond donors (Lipinski definition) is 3. The maximum Gasteiger partial charge on any atom is 0.415 e. The predicted octanol–water partition coefficient (Wildman–Crippen LogP) is 1.53. The smallest absolute Gasteiger partial charge is 0.382 e. The largest absolute Gasteiger partial charge is 0.415 e. The maximum absolute atomic E-state index is 12.5. The van der Waals surface area contributed by atoms with Gasteiger partial charge in [0.05, 0.1) is 0 Å². The molecule has 0 aromatic carbocycles. The summed E-state index contributed by atoms with van der Waals surface area (Å²) in [5.74, 6) is 0.748. The third kappa shape index (κ3) is 3.78. The molecule has 1 saturated carbocycles. The highest BCUT2D eigenvalue weighted by Gasteiger charge is 2.55. The third-order valence-electron chi connectivity index (χ3n) is 5.69. The Morgan fingerprint density at radius 3 is 2.73 bits per heavy atom. The number of halogens is 4. The minimum Gasteiger partial charge on any atom is -0.382 e. The SMILES string of the molecule is Cc1cc(Cl)n2ncnc(N3CC4(CC(N(NCC(O)C(F)(F)F)S(=O)O)C4)C3)c12. The van der Waals surface area contributed by atoms with E-state index in [0.717, 1.165) is 21.3 Å². The van der Waals surface area contributed by atoms with Crippen LogP contribution in [-0.2, 0) is 11.3 Å². The monoisotopic (exact) mass is 468 g/mol. The number of anilines is 1. The molecule has 4 rings (SSSR count). The first-order valence-electron chi connectivity index (χ1n) is 9.13. The minimum absolute atomic E-state index is 0.0984. The summed E-state index contributed by atoms with van der Waals surface area (Å²) in [5, 5.41) is 13.7. The molecule has 30 heavy (non-hydrogen) atoms. The number of rotatable bonds is 6. The van der Waals surface area contributed by atoms with Gasteiger partial charge in [-0.3, -0.25) is 4.55 Å². The molecule has 0 amide bonds. The Kier molecular flexibility index (Phi) is 5.48. The van der Waals surface area contributed by atoms with Gasteiger partial charge in [0.25, 0.3) is 0 Å². The fourth-order valence-electron chi connectivity index (χ4n) is 4.27. The summed E-state index contributed by atoms with van der Waals surface area (Å²) in [6.45, 7) is 2.35. The highest BCUT2D eigenvalue weighted by Crippen LogP contribution is 2.51. The number of aliphatic hydroxyl groups excluding tert-OH is 1. The average Bonchev–Trinajstić information content (AvgIpc) is 2.88. The lowest BCUT2D eigenvalue weighted by molar-refractivity contribution is -0.204. The molecular formula is C16H20ClF3N6O3S. The topological polar surface area (TPSA) is 106 Å². The lowest BCUT2D eigenvalue weighted by Gasteiger charge is -2.60. The molecule has 0 bridgehead atoms. The number of aryl methyl sites for hydroxylation is 1. The van der Waals surface area contributed by atoms with Gasteiger partial charge in [0, 0.05) is 31.1 Å². The molecule has 0 radical (unpaired) electrons. The van der Waals surface area contributed by atoms with E-state index < -0.39 is 36.1 Å². The van der Waals surface area contributed by atoms with Crippen molar-refractivity contribution in [3.8, 4) is 0 Å². The molecule has 3 N–H and O–H groups in total. The van der Waals surface area contributed by atoms with Gasteiger partial charge in [0.2, 0.25) is 11.3 Å². The zero-order valence-electron chi connectivity index (χ0n) is 15.8. The van der Waals surface area contributed by atoms with Crippen molar-refractivity contribution in [2.75, 3.05) is 24.5 Å². The molecular weight excluding hydrogens is 449 g/mol. The molecule has 14 heteroatoms. The summed E-state index contributed by atoms with van der Waals surface area (Å²) >= 11 is 3.67. The molecule has 166 valence electrons. The fraction of sp³-hybridized carbons (Fsp3) is 0.625. The summed E-state index contributed by atoms with van der Waals surface area (Å²) in [6, 6.07) is 1.40. The average molecular weight is 469 g/mol. The van der Waals surface area contributed by atoms with Gasteiger partial charge in [-0.15, -0.1) is 4.41 Å². The van der Waals surface area contributed by atoms with E-state index in [1.165, 1.54) is 6.33 Å². The normalized spacial score (nSPS) is 21.1. The Labute approximate surface area is 177 Å². The molecule has 2 aromatic heterocycles. The summed E-state index contributed by atoms with van der Waals surface area (Å²) in [5.41, 5.74) is 3.91. The van der Waals surface area contributed by atoms with E-state index in [-0.39, 0.29) is 5.41 Å². The summed E-state index contributed by atoms with van der Waals surface area (Å²) in [6.07, 6.45) is -4.92. The molecule has 1 aliphatic heterocycles. The maximum atomic E-state index is 12.5. The van der Waals surface area contributed by atoms with Gasteiger partial charge in [0.1, 0.15) is 17.0 Å². The van der Waals surface area contributed by atoms with Crippen molar-refractivity contribution in [3.05, 3.63) is 23.1 Å². The van der Waals surface area contributed by atoms with Crippen molar-refractivity contribution < 1.29 is 27.0 Å². The molecule has 2 unspecified atom stereocenters. The van der Waals surface area contributed by atoms with Crippen LogP contribution in [0.4, 0.5) is 19.0 Å². The molecule has 2 aliphatic rings. The van der Waals surface area contributed by atoms with E-state index in [9.17, 15) is 21.9 Å². The quantitative estimate of drug-likeness (QED) is 0.436.